The van der Waals surface area contributed by atoms with Crippen molar-refractivity contribution in [3.8, 4) is 0 Å². The second-order valence-electron chi connectivity index (χ2n) is 2.76. The average molecular weight is 186 g/mol. The smallest absolute Gasteiger partial charge is 1.00 e. The third-order valence-corrected chi connectivity index (χ3v) is 1.92. The van der Waals surface area contributed by atoms with E-state index in [1.54, 1.807) is 0 Å². The fourth-order valence-corrected chi connectivity index (χ4v) is 1.41. The van der Waals surface area contributed by atoms with E-state index in [1.165, 1.54) is 38.9 Å². The molecule has 0 bridgehead atoms. The predicted octanol–water partition coefficient (Wildman–Crippen LogP) is -1.68. The van der Waals surface area contributed by atoms with Crippen LogP contribution in [0, 0.1) is 6.92 Å². The van der Waals surface area contributed by atoms with E-state index in [1.807, 2.05) is 0 Å². The molecule has 0 spiro atoms. The van der Waals surface area contributed by atoms with Gasteiger partial charge in [0.2, 0.25) is 0 Å². The van der Waals surface area contributed by atoms with Crippen LogP contribution < -0.4 is 12.4 Å². The molecule has 11 heavy (non-hydrogen) atoms. The van der Waals surface area contributed by atoms with Crippen molar-refractivity contribution in [1.29, 1.82) is 0 Å². The largest absolute Gasteiger partial charge is 2.00 e. The van der Waals surface area contributed by atoms with Crippen LogP contribution in [0.5, 0.6) is 0 Å². The van der Waals surface area contributed by atoms with Gasteiger partial charge in [-0.25, -0.2) is 0 Å². The number of likely N-dealkylation sites (tertiary alicyclic amines) is 1. The van der Waals surface area contributed by atoms with Crippen molar-refractivity contribution in [3.63, 3.8) is 0 Å². The summed E-state index contributed by atoms with van der Waals surface area (Å²) >= 11 is 0. The first-order valence-corrected chi connectivity index (χ1v) is 3.95. The fourth-order valence-electron chi connectivity index (χ4n) is 1.41. The summed E-state index contributed by atoms with van der Waals surface area (Å²) in [6.07, 6.45) is 5.31. The molecule has 0 unspecified atom stereocenters. The number of halogens is 1. The number of hydrogen-bond acceptors (Lipinski definition) is 1. The quantitative estimate of drug-likeness (QED) is 0.367. The van der Waals surface area contributed by atoms with Crippen LogP contribution >= 0.6 is 0 Å². The van der Waals surface area contributed by atoms with Gasteiger partial charge in [0.15, 0.2) is 0 Å². The number of piperidine rings is 1. The molecular formula is C8H16ClMgN. The van der Waals surface area contributed by atoms with Crippen molar-refractivity contribution < 1.29 is 12.4 Å². The Labute approximate surface area is 92.5 Å². The third kappa shape index (κ3) is 6.20. The first-order valence-electron chi connectivity index (χ1n) is 3.95. The zero-order valence-corrected chi connectivity index (χ0v) is 9.36. The predicted molar refractivity (Wildman–Crippen MR) is 46.0 cm³/mol. The van der Waals surface area contributed by atoms with Crippen LogP contribution in [0.4, 0.5) is 0 Å². The van der Waals surface area contributed by atoms with E-state index >= 15 is 0 Å². The van der Waals surface area contributed by atoms with E-state index in [2.05, 4.69) is 11.8 Å². The maximum atomic E-state index is 3.84. The number of nitrogens with zero attached hydrogens (tertiary/aromatic N) is 1. The monoisotopic (exact) mass is 185 g/mol. The maximum absolute atomic E-state index is 3.84. The van der Waals surface area contributed by atoms with E-state index in [4.69, 9.17) is 0 Å². The maximum Gasteiger partial charge on any atom is 2.00 e. The van der Waals surface area contributed by atoms with E-state index in [0.717, 1.165) is 6.42 Å². The van der Waals surface area contributed by atoms with Gasteiger partial charge in [0.05, 0.1) is 0 Å². The molecule has 0 radical (unpaired) electrons. The molecule has 1 rings (SSSR count). The van der Waals surface area contributed by atoms with Crippen LogP contribution in [0.1, 0.15) is 25.7 Å². The molecule has 1 nitrogen and oxygen atoms in total. The number of hydrogen-bond donors (Lipinski definition) is 0. The Morgan fingerprint density at radius 3 is 2.09 bits per heavy atom. The van der Waals surface area contributed by atoms with E-state index < -0.39 is 0 Å². The fraction of sp³-hybridized carbons (Fsp3) is 0.875. The Kier molecular flexibility index (Phi) is 12.0. The van der Waals surface area contributed by atoms with Crippen LogP contribution in [0.25, 0.3) is 0 Å². The molecule has 0 aliphatic carbocycles. The van der Waals surface area contributed by atoms with Gasteiger partial charge >= 0.3 is 23.1 Å². The normalized spacial score (nSPS) is 18.3. The molecule has 0 aromatic carbocycles. The van der Waals surface area contributed by atoms with Crippen LogP contribution in [0.15, 0.2) is 0 Å². The van der Waals surface area contributed by atoms with Gasteiger partial charge in [-0.3, -0.25) is 0 Å². The number of rotatable bonds is 2. The standard InChI is InChI=1S/C8H16N.ClH.Mg/c1-2-6-9-7-4-3-5-8-9;;/h1-8H2;1H;/q-1;;+2/p-1. The molecule has 1 aliphatic heterocycles. The Hall–Kier alpha value is 1.02. The molecule has 62 valence electrons. The van der Waals surface area contributed by atoms with Crippen molar-refractivity contribution in [2.75, 3.05) is 19.6 Å². The van der Waals surface area contributed by atoms with Gasteiger partial charge in [-0.05, 0) is 32.5 Å². The van der Waals surface area contributed by atoms with E-state index in [0.29, 0.717) is 0 Å². The molecule has 1 fully saturated rings. The molecule has 1 saturated heterocycles. The van der Waals surface area contributed by atoms with Gasteiger partial charge < -0.3 is 24.2 Å². The summed E-state index contributed by atoms with van der Waals surface area (Å²) in [7, 11) is 0. The van der Waals surface area contributed by atoms with Gasteiger partial charge in [-0.1, -0.05) is 6.42 Å². The molecule has 0 N–H and O–H groups in total. The Morgan fingerprint density at radius 2 is 1.64 bits per heavy atom. The van der Waals surface area contributed by atoms with Gasteiger partial charge in [0.25, 0.3) is 0 Å². The third-order valence-electron chi connectivity index (χ3n) is 1.92. The van der Waals surface area contributed by atoms with Gasteiger partial charge in [0.1, 0.15) is 0 Å². The summed E-state index contributed by atoms with van der Waals surface area (Å²) in [6.45, 7) is 7.68. The second-order valence-corrected chi connectivity index (χ2v) is 2.76. The Bertz CT molecular complexity index is 71.7. The molecule has 1 aliphatic rings. The van der Waals surface area contributed by atoms with Crippen molar-refractivity contribution in [1.82, 2.24) is 4.90 Å². The zero-order chi connectivity index (χ0) is 6.53. The van der Waals surface area contributed by atoms with Gasteiger partial charge in [-0.2, -0.15) is 6.42 Å². The van der Waals surface area contributed by atoms with Crippen LogP contribution in [0.3, 0.4) is 0 Å². The SMILES string of the molecule is [CH2-]CCN1CCCCC1.[Cl-].[Mg+2]. The van der Waals surface area contributed by atoms with Crippen molar-refractivity contribution >= 4 is 23.1 Å². The summed E-state index contributed by atoms with van der Waals surface area (Å²) in [5.74, 6) is 0. The molecule has 1 heterocycles. The molecule has 0 aromatic rings. The Morgan fingerprint density at radius 1 is 1.09 bits per heavy atom. The first-order chi connectivity index (χ1) is 4.43. The minimum Gasteiger partial charge on any atom is -1.00 e. The molecule has 0 atom stereocenters. The van der Waals surface area contributed by atoms with Crippen molar-refractivity contribution in [2.45, 2.75) is 25.7 Å². The van der Waals surface area contributed by atoms with Crippen LogP contribution in [-0.4, -0.2) is 47.6 Å². The van der Waals surface area contributed by atoms with E-state index in [-0.39, 0.29) is 35.5 Å². The van der Waals surface area contributed by atoms with Crippen LogP contribution in [0.2, 0.25) is 0 Å². The summed E-state index contributed by atoms with van der Waals surface area (Å²) in [5.41, 5.74) is 0. The summed E-state index contributed by atoms with van der Waals surface area (Å²) in [6, 6.07) is 0. The molecule has 0 aromatic heterocycles. The summed E-state index contributed by atoms with van der Waals surface area (Å²) in [5, 5.41) is 0. The average Bonchev–Trinajstić information content (AvgIpc) is 1.91. The first kappa shape index (κ1) is 14.5. The zero-order valence-electron chi connectivity index (χ0n) is 7.19. The molecular weight excluding hydrogens is 170 g/mol. The molecule has 0 amide bonds. The molecule has 3 heteroatoms. The minimum atomic E-state index is 0. The van der Waals surface area contributed by atoms with Gasteiger partial charge in [-0.15, -0.1) is 0 Å². The van der Waals surface area contributed by atoms with Gasteiger partial charge in [0, 0.05) is 0 Å². The van der Waals surface area contributed by atoms with E-state index in [9.17, 15) is 0 Å². The topological polar surface area (TPSA) is 3.24 Å². The molecule has 0 saturated carbocycles. The van der Waals surface area contributed by atoms with Crippen LogP contribution in [-0.2, 0) is 0 Å². The minimum absolute atomic E-state index is 0. The Balaban J connectivity index is 0. The summed E-state index contributed by atoms with van der Waals surface area (Å²) in [4.78, 5) is 2.51. The van der Waals surface area contributed by atoms with Crippen molar-refractivity contribution in [3.05, 3.63) is 6.92 Å². The van der Waals surface area contributed by atoms with Crippen molar-refractivity contribution in [2.24, 2.45) is 0 Å². The second kappa shape index (κ2) is 9.11. The summed E-state index contributed by atoms with van der Waals surface area (Å²) < 4.78 is 0.